The number of thiophene rings is 1. The molecular formula is C18H21BrN2O4S2. The largest absolute Gasteiger partial charge is 0.494 e. The Morgan fingerprint density at radius 1 is 1.30 bits per heavy atom. The number of sulfonamides is 1. The summed E-state index contributed by atoms with van der Waals surface area (Å²) in [6.07, 6.45) is 1.33. The van der Waals surface area contributed by atoms with Gasteiger partial charge in [-0.1, -0.05) is 0 Å². The molecule has 27 heavy (non-hydrogen) atoms. The quantitative estimate of drug-likeness (QED) is 0.690. The topological polar surface area (TPSA) is 75.7 Å². The van der Waals surface area contributed by atoms with Crippen molar-refractivity contribution in [2.24, 2.45) is 5.92 Å². The fraction of sp³-hybridized carbons (Fsp3) is 0.389. The number of hydrogen-bond acceptors (Lipinski definition) is 5. The summed E-state index contributed by atoms with van der Waals surface area (Å²) in [7, 11) is -3.57. The van der Waals surface area contributed by atoms with Crippen LogP contribution in [0.15, 0.2) is 44.4 Å². The molecule has 0 unspecified atom stereocenters. The van der Waals surface area contributed by atoms with Crippen molar-refractivity contribution in [2.45, 2.75) is 24.0 Å². The van der Waals surface area contributed by atoms with Crippen LogP contribution in [-0.4, -0.2) is 38.3 Å². The Morgan fingerprint density at radius 3 is 2.67 bits per heavy atom. The normalized spacial score (nSPS) is 18.2. The maximum atomic E-state index is 12.8. The van der Waals surface area contributed by atoms with Gasteiger partial charge in [0.1, 0.15) is 9.96 Å². The van der Waals surface area contributed by atoms with Crippen LogP contribution in [0.25, 0.3) is 0 Å². The molecule has 0 bridgehead atoms. The smallest absolute Gasteiger partial charge is 0.252 e. The van der Waals surface area contributed by atoms with Gasteiger partial charge in [0.15, 0.2) is 0 Å². The summed E-state index contributed by atoms with van der Waals surface area (Å²) < 4.78 is 33.5. The number of rotatable bonds is 6. The SMILES string of the molecule is CCOc1ccc(NC(=O)[C@H]2CCCN(S(=O)(=O)c3ccc(Br)s3)C2)cc1. The Hall–Kier alpha value is -1.42. The van der Waals surface area contributed by atoms with E-state index in [1.54, 1.807) is 36.4 Å². The first kappa shape index (κ1) is 20.3. The molecule has 1 saturated heterocycles. The lowest BCUT2D eigenvalue weighted by atomic mass is 9.99. The fourth-order valence-electron chi connectivity index (χ4n) is 2.98. The lowest BCUT2D eigenvalue weighted by molar-refractivity contribution is -0.120. The van der Waals surface area contributed by atoms with Gasteiger partial charge in [-0.3, -0.25) is 4.79 Å². The molecule has 1 N–H and O–H groups in total. The van der Waals surface area contributed by atoms with Gasteiger partial charge in [-0.15, -0.1) is 11.3 Å². The summed E-state index contributed by atoms with van der Waals surface area (Å²) in [6, 6.07) is 10.5. The van der Waals surface area contributed by atoms with Gasteiger partial charge in [0, 0.05) is 18.8 Å². The molecule has 0 saturated carbocycles. The number of benzene rings is 1. The van der Waals surface area contributed by atoms with Crippen molar-refractivity contribution < 1.29 is 17.9 Å². The number of nitrogens with one attached hydrogen (secondary N) is 1. The summed E-state index contributed by atoms with van der Waals surface area (Å²) >= 11 is 4.48. The molecule has 1 aromatic carbocycles. The van der Waals surface area contributed by atoms with Gasteiger partial charge < -0.3 is 10.1 Å². The van der Waals surface area contributed by atoms with E-state index in [9.17, 15) is 13.2 Å². The predicted octanol–water partition coefficient (Wildman–Crippen LogP) is 3.95. The van der Waals surface area contributed by atoms with Crippen LogP contribution in [-0.2, 0) is 14.8 Å². The minimum absolute atomic E-state index is 0.161. The molecule has 0 aliphatic carbocycles. The molecule has 1 aromatic heterocycles. The van der Waals surface area contributed by atoms with Gasteiger partial charge in [-0.2, -0.15) is 4.31 Å². The highest BCUT2D eigenvalue weighted by Crippen LogP contribution is 2.31. The second-order valence-corrected chi connectivity index (χ2v) is 10.8. The van der Waals surface area contributed by atoms with Crippen LogP contribution < -0.4 is 10.1 Å². The van der Waals surface area contributed by atoms with E-state index in [0.717, 1.165) is 9.54 Å². The molecule has 3 rings (SSSR count). The van der Waals surface area contributed by atoms with Crippen molar-refractivity contribution in [2.75, 3.05) is 25.0 Å². The van der Waals surface area contributed by atoms with Crippen LogP contribution in [0, 0.1) is 5.92 Å². The number of nitrogens with zero attached hydrogens (tertiary/aromatic N) is 1. The van der Waals surface area contributed by atoms with Crippen molar-refractivity contribution in [3.63, 3.8) is 0 Å². The highest BCUT2D eigenvalue weighted by molar-refractivity contribution is 9.11. The molecule has 1 fully saturated rings. The third-order valence-corrected chi connectivity index (χ3v) is 8.29. The molecule has 1 amide bonds. The number of amides is 1. The number of carbonyl (C=O) groups excluding carboxylic acids is 1. The molecular weight excluding hydrogens is 452 g/mol. The van der Waals surface area contributed by atoms with Gasteiger partial charge >= 0.3 is 0 Å². The molecule has 1 atom stereocenters. The number of halogens is 1. The number of piperidine rings is 1. The third kappa shape index (κ3) is 4.90. The van der Waals surface area contributed by atoms with E-state index in [1.807, 2.05) is 6.92 Å². The van der Waals surface area contributed by atoms with E-state index in [2.05, 4.69) is 21.2 Å². The molecule has 6 nitrogen and oxygen atoms in total. The summed E-state index contributed by atoms with van der Waals surface area (Å²) in [5.74, 6) is 0.211. The fourth-order valence-corrected chi connectivity index (χ4v) is 6.67. The molecule has 1 aliphatic rings. The van der Waals surface area contributed by atoms with Crippen LogP contribution in [0.5, 0.6) is 5.75 Å². The van der Waals surface area contributed by atoms with Crippen LogP contribution in [0.1, 0.15) is 19.8 Å². The minimum Gasteiger partial charge on any atom is -0.494 e. The number of carbonyl (C=O) groups is 1. The summed E-state index contributed by atoms with van der Waals surface area (Å²) in [5.41, 5.74) is 0.672. The van der Waals surface area contributed by atoms with Gasteiger partial charge in [0.2, 0.25) is 5.91 Å². The Morgan fingerprint density at radius 2 is 2.04 bits per heavy atom. The lowest BCUT2D eigenvalue weighted by Crippen LogP contribution is -2.43. The summed E-state index contributed by atoms with van der Waals surface area (Å²) in [4.78, 5) is 12.6. The number of anilines is 1. The van der Waals surface area contributed by atoms with Crippen molar-refractivity contribution in [1.29, 1.82) is 0 Å². The highest BCUT2D eigenvalue weighted by Gasteiger charge is 2.34. The second kappa shape index (κ2) is 8.72. The average molecular weight is 473 g/mol. The van der Waals surface area contributed by atoms with E-state index in [0.29, 0.717) is 35.9 Å². The van der Waals surface area contributed by atoms with E-state index in [1.165, 1.54) is 15.6 Å². The Labute approximate surface area is 171 Å². The maximum absolute atomic E-state index is 12.8. The van der Waals surface area contributed by atoms with E-state index < -0.39 is 10.0 Å². The molecule has 1 aliphatic heterocycles. The maximum Gasteiger partial charge on any atom is 0.252 e. The molecule has 0 spiro atoms. The van der Waals surface area contributed by atoms with Gasteiger partial charge in [-0.05, 0) is 72.1 Å². The molecule has 146 valence electrons. The zero-order valence-corrected chi connectivity index (χ0v) is 18.1. The van der Waals surface area contributed by atoms with E-state index in [-0.39, 0.29) is 18.4 Å². The first-order valence-electron chi connectivity index (χ1n) is 8.69. The number of ether oxygens (including phenoxy) is 1. The van der Waals surface area contributed by atoms with Crippen molar-refractivity contribution in [3.8, 4) is 5.75 Å². The van der Waals surface area contributed by atoms with Crippen molar-refractivity contribution in [3.05, 3.63) is 40.2 Å². The third-order valence-electron chi connectivity index (χ3n) is 4.33. The van der Waals surface area contributed by atoms with Gasteiger partial charge in [-0.25, -0.2) is 8.42 Å². The van der Waals surface area contributed by atoms with E-state index in [4.69, 9.17) is 4.74 Å². The monoisotopic (exact) mass is 472 g/mol. The molecule has 0 radical (unpaired) electrons. The van der Waals surface area contributed by atoms with Gasteiger partial charge in [0.25, 0.3) is 10.0 Å². The van der Waals surface area contributed by atoms with Crippen molar-refractivity contribution in [1.82, 2.24) is 4.31 Å². The second-order valence-electron chi connectivity index (χ2n) is 6.21. The average Bonchev–Trinajstić information content (AvgIpc) is 3.11. The standard InChI is InChI=1S/C18H21BrN2O4S2/c1-2-25-15-7-5-14(6-8-15)20-18(22)13-4-3-11-21(12-13)27(23,24)17-10-9-16(19)26-17/h5-10,13H,2-4,11-12H2,1H3,(H,20,22)/t13-/m0/s1. The summed E-state index contributed by atoms with van der Waals surface area (Å²) in [5, 5.41) is 2.88. The Balaban J connectivity index is 1.65. The predicted molar refractivity (Wildman–Crippen MR) is 110 cm³/mol. The van der Waals surface area contributed by atoms with E-state index >= 15 is 0 Å². The summed E-state index contributed by atoms with van der Waals surface area (Å²) in [6.45, 7) is 3.12. The van der Waals surface area contributed by atoms with Crippen LogP contribution in [0.3, 0.4) is 0 Å². The highest BCUT2D eigenvalue weighted by atomic mass is 79.9. The molecule has 2 heterocycles. The first-order chi connectivity index (χ1) is 12.9. The first-order valence-corrected chi connectivity index (χ1v) is 11.7. The van der Waals surface area contributed by atoms with Crippen LogP contribution >= 0.6 is 27.3 Å². The minimum atomic E-state index is -3.57. The molecule has 2 aromatic rings. The zero-order chi connectivity index (χ0) is 19.4. The number of hydrogen-bond donors (Lipinski definition) is 1. The van der Waals surface area contributed by atoms with Crippen LogP contribution in [0.2, 0.25) is 0 Å². The lowest BCUT2D eigenvalue weighted by Gasteiger charge is -2.30. The Kier molecular flexibility index (Phi) is 6.56. The van der Waals surface area contributed by atoms with Crippen molar-refractivity contribution >= 4 is 48.9 Å². The Bertz CT molecular complexity index is 896. The van der Waals surface area contributed by atoms with Gasteiger partial charge in [0.05, 0.1) is 16.3 Å². The molecule has 9 heteroatoms. The van der Waals surface area contributed by atoms with Crippen LogP contribution in [0.4, 0.5) is 5.69 Å². The zero-order valence-electron chi connectivity index (χ0n) is 14.9.